The van der Waals surface area contributed by atoms with E-state index < -0.39 is 0 Å². The molecule has 3 rings (SSSR count). The van der Waals surface area contributed by atoms with Gasteiger partial charge in [0, 0.05) is 43.4 Å². The van der Waals surface area contributed by atoms with Gasteiger partial charge in [0.1, 0.15) is 12.4 Å². The Morgan fingerprint density at radius 3 is 2.08 bits per heavy atom. The average Bonchev–Trinajstić information content (AvgIpc) is 2.69. The zero-order chi connectivity index (χ0) is 18.0. The summed E-state index contributed by atoms with van der Waals surface area (Å²) in [6.07, 6.45) is 8.49. The van der Waals surface area contributed by atoms with Gasteiger partial charge in [-0.3, -0.25) is 14.9 Å². The van der Waals surface area contributed by atoms with Crippen molar-refractivity contribution in [1.29, 1.82) is 0 Å². The lowest BCUT2D eigenvalue weighted by Gasteiger charge is -2.22. The first-order chi connectivity index (χ1) is 12.8. The van der Waals surface area contributed by atoms with Crippen LogP contribution in [0.2, 0.25) is 0 Å². The predicted octanol–water partition coefficient (Wildman–Crippen LogP) is 4.47. The van der Waals surface area contributed by atoms with Crippen LogP contribution >= 0.6 is 0 Å². The van der Waals surface area contributed by atoms with Gasteiger partial charge in [-0.15, -0.1) is 0 Å². The summed E-state index contributed by atoms with van der Waals surface area (Å²) in [5.74, 6) is 0.881. The Hall–Kier alpha value is -2.72. The summed E-state index contributed by atoms with van der Waals surface area (Å²) in [6, 6.07) is 16.4. The van der Waals surface area contributed by atoms with Crippen molar-refractivity contribution in [3.8, 4) is 5.75 Å². The van der Waals surface area contributed by atoms with Crippen LogP contribution in [-0.2, 0) is 19.7 Å². The fraction of sp³-hybridized carbons (Fsp3) is 0.273. The average molecular weight is 347 g/mol. The van der Waals surface area contributed by atoms with Crippen LogP contribution in [0, 0.1) is 0 Å². The molecule has 0 bridgehead atoms. The third kappa shape index (κ3) is 5.67. The number of nitrogens with zero attached hydrogens (tertiary/aromatic N) is 3. The van der Waals surface area contributed by atoms with Crippen molar-refractivity contribution in [2.75, 3.05) is 6.54 Å². The Balaban J connectivity index is 1.56. The van der Waals surface area contributed by atoms with E-state index in [1.807, 2.05) is 48.9 Å². The number of pyridine rings is 2. The van der Waals surface area contributed by atoms with Crippen LogP contribution in [0.5, 0.6) is 5.75 Å². The van der Waals surface area contributed by atoms with E-state index in [4.69, 9.17) is 4.74 Å². The molecule has 0 amide bonds. The van der Waals surface area contributed by atoms with Gasteiger partial charge in [-0.1, -0.05) is 31.2 Å². The largest absolute Gasteiger partial charge is 0.489 e. The lowest BCUT2D eigenvalue weighted by Crippen LogP contribution is -2.23. The highest BCUT2D eigenvalue weighted by molar-refractivity contribution is 5.27. The second kappa shape index (κ2) is 9.68. The monoisotopic (exact) mass is 347 g/mol. The lowest BCUT2D eigenvalue weighted by molar-refractivity contribution is 0.256. The van der Waals surface area contributed by atoms with Crippen molar-refractivity contribution in [2.24, 2.45) is 0 Å². The molecule has 0 atom stereocenters. The number of hydrogen-bond acceptors (Lipinski definition) is 4. The van der Waals surface area contributed by atoms with Gasteiger partial charge >= 0.3 is 0 Å². The van der Waals surface area contributed by atoms with Crippen molar-refractivity contribution in [3.05, 3.63) is 90.0 Å². The smallest absolute Gasteiger partial charge is 0.119 e. The van der Waals surface area contributed by atoms with Crippen LogP contribution in [-0.4, -0.2) is 21.4 Å². The van der Waals surface area contributed by atoms with Crippen LogP contribution < -0.4 is 4.74 Å². The predicted molar refractivity (Wildman–Crippen MR) is 104 cm³/mol. The van der Waals surface area contributed by atoms with E-state index in [9.17, 15) is 0 Å². The number of aromatic nitrogens is 2. The van der Waals surface area contributed by atoms with Crippen molar-refractivity contribution < 1.29 is 4.74 Å². The van der Waals surface area contributed by atoms with E-state index >= 15 is 0 Å². The van der Waals surface area contributed by atoms with Gasteiger partial charge in [0.15, 0.2) is 0 Å². The minimum absolute atomic E-state index is 0.538. The molecule has 0 aliphatic carbocycles. The SMILES string of the molecule is CCCN(Cc1ccc(OCc2cccnc2)cc1)Cc1cccnc1. The summed E-state index contributed by atoms with van der Waals surface area (Å²) in [5, 5.41) is 0. The molecule has 2 heterocycles. The van der Waals surface area contributed by atoms with Gasteiger partial charge in [-0.25, -0.2) is 0 Å². The van der Waals surface area contributed by atoms with E-state index in [0.29, 0.717) is 6.61 Å². The minimum atomic E-state index is 0.538. The molecule has 0 unspecified atom stereocenters. The number of benzene rings is 1. The minimum Gasteiger partial charge on any atom is -0.489 e. The van der Waals surface area contributed by atoms with Crippen molar-refractivity contribution in [1.82, 2.24) is 14.9 Å². The molecule has 3 aromatic rings. The highest BCUT2D eigenvalue weighted by atomic mass is 16.5. The van der Waals surface area contributed by atoms with Crippen LogP contribution in [0.15, 0.2) is 73.3 Å². The van der Waals surface area contributed by atoms with Gasteiger partial charge in [-0.2, -0.15) is 0 Å². The van der Waals surface area contributed by atoms with E-state index in [-0.39, 0.29) is 0 Å². The molecule has 0 saturated heterocycles. The van der Waals surface area contributed by atoms with Crippen LogP contribution in [0.4, 0.5) is 0 Å². The second-order valence-corrected chi connectivity index (χ2v) is 6.37. The molecule has 2 aromatic heterocycles. The first-order valence-electron chi connectivity index (χ1n) is 9.05. The fourth-order valence-corrected chi connectivity index (χ4v) is 2.88. The summed E-state index contributed by atoms with van der Waals surface area (Å²) in [7, 11) is 0. The van der Waals surface area contributed by atoms with Gasteiger partial charge in [0.2, 0.25) is 0 Å². The topological polar surface area (TPSA) is 38.2 Å². The molecule has 0 aliphatic rings. The highest BCUT2D eigenvalue weighted by Crippen LogP contribution is 2.16. The number of rotatable bonds is 9. The zero-order valence-electron chi connectivity index (χ0n) is 15.2. The van der Waals surface area contributed by atoms with E-state index in [0.717, 1.165) is 37.4 Å². The summed E-state index contributed by atoms with van der Waals surface area (Å²) >= 11 is 0. The first-order valence-corrected chi connectivity index (χ1v) is 9.05. The van der Waals surface area contributed by atoms with E-state index in [1.165, 1.54) is 11.1 Å². The molecule has 134 valence electrons. The summed E-state index contributed by atoms with van der Waals surface area (Å²) in [5.41, 5.74) is 3.61. The van der Waals surface area contributed by atoms with Crippen molar-refractivity contribution >= 4 is 0 Å². The summed E-state index contributed by atoms with van der Waals surface area (Å²) in [6.45, 7) is 5.66. The Morgan fingerprint density at radius 2 is 1.46 bits per heavy atom. The second-order valence-electron chi connectivity index (χ2n) is 6.37. The summed E-state index contributed by atoms with van der Waals surface area (Å²) < 4.78 is 5.83. The third-order valence-electron chi connectivity index (χ3n) is 4.13. The quantitative estimate of drug-likeness (QED) is 0.572. The van der Waals surface area contributed by atoms with Crippen LogP contribution in [0.25, 0.3) is 0 Å². The van der Waals surface area contributed by atoms with Crippen molar-refractivity contribution in [3.63, 3.8) is 0 Å². The number of ether oxygens (including phenoxy) is 1. The first kappa shape index (κ1) is 18.1. The molecular weight excluding hydrogens is 322 g/mol. The van der Waals surface area contributed by atoms with Gasteiger partial charge in [0.25, 0.3) is 0 Å². The Bertz CT molecular complexity index is 760. The normalized spacial score (nSPS) is 10.8. The maximum Gasteiger partial charge on any atom is 0.119 e. The fourth-order valence-electron chi connectivity index (χ4n) is 2.88. The molecule has 1 aromatic carbocycles. The Kier molecular flexibility index (Phi) is 6.73. The standard InChI is InChI=1S/C22H25N3O/c1-2-13-25(17-20-5-3-11-23-14-20)16-19-7-9-22(10-8-19)26-18-21-6-4-12-24-15-21/h3-12,14-15H,2,13,16-18H2,1H3. The summed E-state index contributed by atoms with van der Waals surface area (Å²) in [4.78, 5) is 10.8. The van der Waals surface area contributed by atoms with E-state index in [1.54, 1.807) is 6.20 Å². The molecule has 0 radical (unpaired) electrons. The van der Waals surface area contributed by atoms with E-state index in [2.05, 4.69) is 40.0 Å². The molecule has 0 saturated carbocycles. The zero-order valence-corrected chi connectivity index (χ0v) is 15.2. The Morgan fingerprint density at radius 1 is 0.808 bits per heavy atom. The molecule has 4 nitrogen and oxygen atoms in total. The molecule has 0 spiro atoms. The van der Waals surface area contributed by atoms with Crippen LogP contribution in [0.3, 0.4) is 0 Å². The lowest BCUT2D eigenvalue weighted by atomic mass is 10.2. The van der Waals surface area contributed by atoms with Gasteiger partial charge in [-0.05, 0) is 48.4 Å². The molecule has 0 aliphatic heterocycles. The number of hydrogen-bond donors (Lipinski definition) is 0. The molecular formula is C22H25N3O. The van der Waals surface area contributed by atoms with Crippen molar-refractivity contribution in [2.45, 2.75) is 33.0 Å². The molecule has 26 heavy (non-hydrogen) atoms. The van der Waals surface area contributed by atoms with Gasteiger partial charge < -0.3 is 4.74 Å². The Labute approximate surface area is 155 Å². The van der Waals surface area contributed by atoms with Crippen LogP contribution in [0.1, 0.15) is 30.0 Å². The third-order valence-corrected chi connectivity index (χ3v) is 4.13. The maximum absolute atomic E-state index is 5.83. The molecule has 0 N–H and O–H groups in total. The molecule has 4 heteroatoms. The maximum atomic E-state index is 5.83. The van der Waals surface area contributed by atoms with Gasteiger partial charge in [0.05, 0.1) is 0 Å². The molecule has 0 fully saturated rings. The highest BCUT2D eigenvalue weighted by Gasteiger charge is 2.07.